The Morgan fingerprint density at radius 3 is 2.31 bits per heavy atom. The smallest absolute Gasteiger partial charge is 0.337 e. The maximum Gasteiger partial charge on any atom is 0.337 e. The normalized spacial score (nSPS) is 16.4. The van der Waals surface area contributed by atoms with E-state index in [1.807, 2.05) is 4.90 Å². The van der Waals surface area contributed by atoms with Gasteiger partial charge in [0, 0.05) is 50.9 Å². The van der Waals surface area contributed by atoms with Gasteiger partial charge in [-0.1, -0.05) is 23.7 Å². The molecule has 3 rings (SSSR count). The number of thiol groups is 1. The van der Waals surface area contributed by atoms with E-state index in [9.17, 15) is 30.4 Å². The van der Waals surface area contributed by atoms with Crippen LogP contribution in [0.5, 0.6) is 0 Å². The van der Waals surface area contributed by atoms with Crippen LogP contribution >= 0.6 is 11.6 Å². The fraction of sp³-hybridized carbons (Fsp3) is 0.409. The second-order valence-corrected chi connectivity index (χ2v) is 11.7. The van der Waals surface area contributed by atoms with E-state index in [-0.39, 0.29) is 42.3 Å². The van der Waals surface area contributed by atoms with Crippen molar-refractivity contribution >= 4 is 38.5 Å². The quantitative estimate of drug-likeness (QED) is 0.366. The van der Waals surface area contributed by atoms with Gasteiger partial charge in [0.05, 0.1) is 24.0 Å². The average molecular weight is 566 g/mol. The summed E-state index contributed by atoms with van der Waals surface area (Å²) in [4.78, 5) is 13.5. The van der Waals surface area contributed by atoms with E-state index >= 15 is 0 Å². The van der Waals surface area contributed by atoms with Crippen LogP contribution in [-0.2, 0) is 32.2 Å². The number of nitrogens with zero attached hydrogens (tertiary/aromatic N) is 3. The van der Waals surface area contributed by atoms with Crippen molar-refractivity contribution < 1.29 is 35.1 Å². The predicted octanol–water partition coefficient (Wildman–Crippen LogP) is 2.05. The van der Waals surface area contributed by atoms with Crippen LogP contribution in [0.25, 0.3) is 0 Å². The van der Waals surface area contributed by atoms with Crippen molar-refractivity contribution in [1.82, 2.24) is 13.5 Å². The molecule has 0 aromatic heterocycles. The number of ether oxygens (including phenoxy) is 1. The molecule has 198 valence electrons. The van der Waals surface area contributed by atoms with Crippen molar-refractivity contribution in [3.05, 3.63) is 69.7 Å². The zero-order chi connectivity index (χ0) is 26.6. The highest BCUT2D eigenvalue weighted by Crippen LogP contribution is 2.28. The van der Waals surface area contributed by atoms with E-state index in [4.69, 9.17) is 11.6 Å². The Morgan fingerprint density at radius 1 is 1.11 bits per heavy atom. The number of carbonyl (C=O) groups is 1. The number of hydrogen-bond acceptors (Lipinski definition) is 7. The minimum Gasteiger partial charge on any atom is -0.465 e. The van der Waals surface area contributed by atoms with E-state index in [0.29, 0.717) is 18.7 Å². The zero-order valence-electron chi connectivity index (χ0n) is 19.6. The van der Waals surface area contributed by atoms with Gasteiger partial charge in [0.25, 0.3) is 0 Å². The number of piperazine rings is 1. The first-order valence-corrected chi connectivity index (χ1v) is 14.2. The number of esters is 1. The predicted molar refractivity (Wildman–Crippen MR) is 131 cm³/mol. The van der Waals surface area contributed by atoms with E-state index in [1.54, 1.807) is 0 Å². The zero-order valence-corrected chi connectivity index (χ0v) is 22.0. The van der Waals surface area contributed by atoms with Gasteiger partial charge in [-0.25, -0.2) is 30.4 Å². The molecule has 0 spiro atoms. The molecule has 1 heterocycles. The monoisotopic (exact) mass is 565 g/mol. The average Bonchev–Trinajstić information content (AvgIpc) is 2.83. The van der Waals surface area contributed by atoms with Crippen LogP contribution in [0.4, 0.5) is 8.78 Å². The number of hydrogen-bond donors (Lipinski definition) is 1. The van der Waals surface area contributed by atoms with Crippen LogP contribution in [0.15, 0.2) is 36.4 Å². The maximum atomic E-state index is 14.7. The molecule has 2 aromatic rings. The van der Waals surface area contributed by atoms with Gasteiger partial charge in [-0.15, -0.1) is 0 Å². The second kappa shape index (κ2) is 11.9. The number of sulfonamides is 1. The molecule has 36 heavy (non-hydrogen) atoms. The van der Waals surface area contributed by atoms with Crippen molar-refractivity contribution in [3.63, 3.8) is 0 Å². The van der Waals surface area contributed by atoms with Crippen molar-refractivity contribution in [3.8, 4) is 0 Å². The van der Waals surface area contributed by atoms with Gasteiger partial charge in [-0.3, -0.25) is 4.90 Å². The molecule has 0 bridgehead atoms. The molecule has 9 nitrogen and oxygen atoms in total. The van der Waals surface area contributed by atoms with Crippen LogP contribution in [-0.4, -0.2) is 82.4 Å². The third-order valence-corrected chi connectivity index (χ3v) is 8.31. The molecule has 0 N–H and O–H groups in total. The molecular formula is C22H26ClF2N3O6S2. The molecule has 0 saturated carbocycles. The van der Waals surface area contributed by atoms with Crippen LogP contribution in [0.1, 0.15) is 27.5 Å². The maximum absolute atomic E-state index is 14.7. The van der Waals surface area contributed by atoms with E-state index in [2.05, 4.69) is 4.74 Å². The summed E-state index contributed by atoms with van der Waals surface area (Å²) in [7, 11) is -5.40. The number of methoxy groups -OCH3 is 1. The van der Waals surface area contributed by atoms with Crippen LogP contribution < -0.4 is 0 Å². The third-order valence-electron chi connectivity index (χ3n) is 5.95. The summed E-state index contributed by atoms with van der Waals surface area (Å²) in [6.45, 7) is 0.518. The first-order chi connectivity index (χ1) is 16.9. The summed E-state index contributed by atoms with van der Waals surface area (Å²) >= 11 is 5.98. The first kappa shape index (κ1) is 28.4. The summed E-state index contributed by atoms with van der Waals surface area (Å²) in [5.41, 5.74) is 0.552. The van der Waals surface area contributed by atoms with Gasteiger partial charge < -0.3 is 4.74 Å². The third kappa shape index (κ3) is 6.99. The van der Waals surface area contributed by atoms with Crippen molar-refractivity contribution in [2.45, 2.75) is 12.6 Å². The van der Waals surface area contributed by atoms with Gasteiger partial charge in [-0.05, 0) is 29.8 Å². The minimum absolute atomic E-state index is 0.0145. The molecule has 0 amide bonds. The molecule has 1 aliphatic rings. The van der Waals surface area contributed by atoms with Gasteiger partial charge in [0.15, 0.2) is 0 Å². The van der Waals surface area contributed by atoms with Crippen LogP contribution in [0.3, 0.4) is 0 Å². The Labute approximate surface area is 215 Å². The van der Waals surface area contributed by atoms with E-state index in [1.165, 1.54) is 34.6 Å². The summed E-state index contributed by atoms with van der Waals surface area (Å²) in [6, 6.07) is 7.05. The van der Waals surface area contributed by atoms with Gasteiger partial charge in [0.2, 0.25) is 20.9 Å². The largest absolute Gasteiger partial charge is 0.465 e. The molecule has 0 radical (unpaired) electrons. The SMILES string of the molecule is COC(=O)c1ccc(CN(CC(c2ccc(F)c(Cl)c2)N2CCN(S(C)(=O)=O)CC2)[SH](=O)=O)c(F)c1. The Morgan fingerprint density at radius 2 is 1.78 bits per heavy atom. The molecule has 1 unspecified atom stereocenters. The summed E-state index contributed by atoms with van der Waals surface area (Å²) in [5.74, 6) is -2.14. The van der Waals surface area contributed by atoms with Crippen molar-refractivity contribution in [2.75, 3.05) is 46.1 Å². The van der Waals surface area contributed by atoms with Gasteiger partial charge in [0.1, 0.15) is 11.6 Å². The lowest BCUT2D eigenvalue weighted by atomic mass is 10.0. The molecule has 0 aliphatic carbocycles. The highest BCUT2D eigenvalue weighted by molar-refractivity contribution is 7.88. The summed E-state index contributed by atoms with van der Waals surface area (Å²) in [6.07, 6.45) is 1.11. The Hall–Kier alpha value is -2.16. The van der Waals surface area contributed by atoms with Crippen LogP contribution in [0, 0.1) is 11.6 Å². The topological polar surface area (TPSA) is 104 Å². The summed E-state index contributed by atoms with van der Waals surface area (Å²) < 4.78 is 83.6. The summed E-state index contributed by atoms with van der Waals surface area (Å²) in [5, 5.41) is -0.144. The first-order valence-electron chi connectivity index (χ1n) is 10.8. The Kier molecular flexibility index (Phi) is 9.41. The lowest BCUT2D eigenvalue weighted by Gasteiger charge is -2.39. The molecule has 1 aliphatic heterocycles. The molecule has 1 atom stereocenters. The Bertz CT molecular complexity index is 1290. The number of benzene rings is 2. The molecule has 1 saturated heterocycles. The second-order valence-electron chi connectivity index (χ2n) is 8.27. The number of halogens is 3. The molecule has 2 aromatic carbocycles. The number of carbonyl (C=O) groups excluding carboxylic acids is 1. The standard InChI is InChI=1S/C22H26ClF2N3O6S2/c1-34-22(29)16-3-4-17(20(25)12-16)13-27(35(30)31)14-21(15-5-6-19(24)18(23)11-15)26-7-9-28(10-8-26)36(2,32)33/h3-6,11-12,21,35H,7-10,13-14H2,1-2H3. The Balaban J connectivity index is 1.89. The van der Waals surface area contributed by atoms with Crippen molar-refractivity contribution in [1.29, 1.82) is 0 Å². The lowest BCUT2D eigenvalue weighted by Crippen LogP contribution is -2.51. The lowest BCUT2D eigenvalue weighted by molar-refractivity contribution is 0.0600. The minimum atomic E-state index is -3.39. The van der Waals surface area contributed by atoms with Crippen molar-refractivity contribution in [2.24, 2.45) is 0 Å². The van der Waals surface area contributed by atoms with Gasteiger partial charge in [-0.2, -0.15) is 8.61 Å². The van der Waals surface area contributed by atoms with Gasteiger partial charge >= 0.3 is 5.97 Å². The fourth-order valence-corrected chi connectivity index (χ4v) is 5.58. The van der Waals surface area contributed by atoms with Crippen LogP contribution in [0.2, 0.25) is 5.02 Å². The fourth-order valence-electron chi connectivity index (χ4n) is 4.00. The van der Waals surface area contributed by atoms with E-state index < -0.39 is 44.6 Å². The molecule has 1 fully saturated rings. The highest BCUT2D eigenvalue weighted by Gasteiger charge is 2.31. The van der Waals surface area contributed by atoms with E-state index in [0.717, 1.165) is 23.7 Å². The molecular weight excluding hydrogens is 540 g/mol. The molecule has 14 heteroatoms. The highest BCUT2D eigenvalue weighted by atomic mass is 35.5. The number of rotatable bonds is 9.